The first-order chi connectivity index (χ1) is 9.06. The molecule has 1 amide bonds. The maximum absolute atomic E-state index is 11.9. The molecule has 1 atom stereocenters. The van der Waals surface area contributed by atoms with Gasteiger partial charge in [0.25, 0.3) is 0 Å². The lowest BCUT2D eigenvalue weighted by Gasteiger charge is -2.17. The van der Waals surface area contributed by atoms with Crippen molar-refractivity contribution in [3.05, 3.63) is 29.3 Å². The van der Waals surface area contributed by atoms with E-state index in [1.165, 1.54) is 30.4 Å². The number of aryl methyl sites for hydroxylation is 2. The van der Waals surface area contributed by atoms with Crippen LogP contribution in [-0.4, -0.2) is 18.5 Å². The van der Waals surface area contributed by atoms with Crippen molar-refractivity contribution in [3.8, 4) is 0 Å². The summed E-state index contributed by atoms with van der Waals surface area (Å²) in [5, 5.41) is 6.24. The molecule has 0 bridgehead atoms. The molecule has 1 unspecified atom stereocenters. The molecule has 3 heteroatoms. The van der Waals surface area contributed by atoms with E-state index in [2.05, 4.69) is 42.7 Å². The van der Waals surface area contributed by atoms with E-state index >= 15 is 0 Å². The summed E-state index contributed by atoms with van der Waals surface area (Å²) < 4.78 is 0. The molecule has 2 N–H and O–H groups in total. The van der Waals surface area contributed by atoms with Crippen LogP contribution in [0.5, 0.6) is 0 Å². The number of carbonyl (C=O) groups excluding carboxylic acids is 1. The summed E-state index contributed by atoms with van der Waals surface area (Å²) in [6.45, 7) is 6.83. The average Bonchev–Trinajstić information content (AvgIpc) is 2.83. The molecule has 0 fully saturated rings. The number of hydrogen-bond donors (Lipinski definition) is 2. The maximum atomic E-state index is 11.9. The van der Waals surface area contributed by atoms with E-state index < -0.39 is 0 Å². The van der Waals surface area contributed by atoms with E-state index in [-0.39, 0.29) is 11.9 Å². The van der Waals surface area contributed by atoms with Gasteiger partial charge in [0.2, 0.25) is 5.91 Å². The SMILES string of the molecule is CC(C)CNC(=O)C(C)Nc1ccc2c(c1)CCC2. The van der Waals surface area contributed by atoms with Gasteiger partial charge in [-0.3, -0.25) is 4.79 Å². The molecule has 19 heavy (non-hydrogen) atoms. The summed E-state index contributed by atoms with van der Waals surface area (Å²) in [4.78, 5) is 11.9. The topological polar surface area (TPSA) is 41.1 Å². The smallest absolute Gasteiger partial charge is 0.242 e. The summed E-state index contributed by atoms with van der Waals surface area (Å²) in [6, 6.07) is 6.26. The highest BCUT2D eigenvalue weighted by atomic mass is 16.2. The molecule has 0 aromatic heterocycles. The van der Waals surface area contributed by atoms with E-state index in [4.69, 9.17) is 0 Å². The molecular weight excluding hydrogens is 236 g/mol. The zero-order valence-electron chi connectivity index (χ0n) is 12.1. The van der Waals surface area contributed by atoms with Crippen LogP contribution in [0.3, 0.4) is 0 Å². The molecule has 0 saturated heterocycles. The fourth-order valence-corrected chi connectivity index (χ4v) is 2.43. The standard InChI is InChI=1S/C16H24N2O/c1-11(2)10-17-16(19)12(3)18-15-8-7-13-5-4-6-14(13)9-15/h7-9,11-12,18H,4-6,10H2,1-3H3,(H,17,19). The monoisotopic (exact) mass is 260 g/mol. The highest BCUT2D eigenvalue weighted by Crippen LogP contribution is 2.25. The molecule has 1 aromatic rings. The number of fused-ring (bicyclic) bond motifs is 1. The van der Waals surface area contributed by atoms with Gasteiger partial charge in [-0.15, -0.1) is 0 Å². The lowest BCUT2D eigenvalue weighted by Crippen LogP contribution is -2.39. The van der Waals surface area contributed by atoms with Crippen LogP contribution in [0, 0.1) is 5.92 Å². The minimum absolute atomic E-state index is 0.0641. The molecule has 104 valence electrons. The third-order valence-corrected chi connectivity index (χ3v) is 3.56. The minimum Gasteiger partial charge on any atom is -0.374 e. The first-order valence-electron chi connectivity index (χ1n) is 7.22. The average molecular weight is 260 g/mol. The Hall–Kier alpha value is -1.51. The van der Waals surface area contributed by atoms with Crippen LogP contribution in [0.2, 0.25) is 0 Å². The Bertz CT molecular complexity index is 454. The molecule has 0 heterocycles. The zero-order chi connectivity index (χ0) is 13.8. The van der Waals surface area contributed by atoms with Crippen molar-refractivity contribution in [1.82, 2.24) is 5.32 Å². The van der Waals surface area contributed by atoms with Crippen molar-refractivity contribution in [1.29, 1.82) is 0 Å². The van der Waals surface area contributed by atoms with Crippen molar-refractivity contribution >= 4 is 11.6 Å². The Kier molecular flexibility index (Phi) is 4.46. The number of anilines is 1. The first kappa shape index (κ1) is 13.9. The highest BCUT2D eigenvalue weighted by molar-refractivity contribution is 5.84. The Balaban J connectivity index is 1.91. The molecule has 0 radical (unpaired) electrons. The predicted octanol–water partition coefficient (Wildman–Crippen LogP) is 2.75. The van der Waals surface area contributed by atoms with Crippen molar-refractivity contribution in [2.75, 3.05) is 11.9 Å². The minimum atomic E-state index is -0.196. The fraction of sp³-hybridized carbons (Fsp3) is 0.562. The van der Waals surface area contributed by atoms with Crippen LogP contribution >= 0.6 is 0 Å². The molecule has 0 saturated carbocycles. The van der Waals surface area contributed by atoms with Crippen LogP contribution in [0.4, 0.5) is 5.69 Å². The maximum Gasteiger partial charge on any atom is 0.242 e. The molecule has 1 aliphatic carbocycles. The largest absolute Gasteiger partial charge is 0.374 e. The molecular formula is C16H24N2O. The Labute approximate surface area is 115 Å². The van der Waals surface area contributed by atoms with Gasteiger partial charge in [-0.05, 0) is 55.4 Å². The molecule has 1 aliphatic rings. The number of rotatable bonds is 5. The first-order valence-corrected chi connectivity index (χ1v) is 7.22. The second kappa shape index (κ2) is 6.09. The number of hydrogen-bond acceptors (Lipinski definition) is 2. The van der Waals surface area contributed by atoms with Gasteiger partial charge in [-0.25, -0.2) is 0 Å². The van der Waals surface area contributed by atoms with E-state index in [1.54, 1.807) is 0 Å². The van der Waals surface area contributed by atoms with Crippen LogP contribution in [0.15, 0.2) is 18.2 Å². The molecule has 1 aromatic carbocycles. The van der Waals surface area contributed by atoms with E-state index in [9.17, 15) is 4.79 Å². The lowest BCUT2D eigenvalue weighted by atomic mass is 10.1. The van der Waals surface area contributed by atoms with Crippen molar-refractivity contribution in [3.63, 3.8) is 0 Å². The second-order valence-corrected chi connectivity index (χ2v) is 5.84. The molecule has 2 rings (SSSR count). The van der Waals surface area contributed by atoms with Crippen molar-refractivity contribution < 1.29 is 4.79 Å². The lowest BCUT2D eigenvalue weighted by molar-refractivity contribution is -0.121. The summed E-state index contributed by atoms with van der Waals surface area (Å²) >= 11 is 0. The van der Waals surface area contributed by atoms with Gasteiger partial charge in [-0.2, -0.15) is 0 Å². The normalized spacial score (nSPS) is 15.2. The van der Waals surface area contributed by atoms with Crippen molar-refractivity contribution in [2.24, 2.45) is 5.92 Å². The van der Waals surface area contributed by atoms with E-state index in [0.717, 1.165) is 12.2 Å². The summed E-state index contributed by atoms with van der Waals surface area (Å²) in [5.41, 5.74) is 3.94. The van der Waals surface area contributed by atoms with E-state index in [1.807, 2.05) is 6.92 Å². The zero-order valence-corrected chi connectivity index (χ0v) is 12.1. The molecule has 0 aliphatic heterocycles. The quantitative estimate of drug-likeness (QED) is 0.854. The third-order valence-electron chi connectivity index (χ3n) is 3.56. The highest BCUT2D eigenvalue weighted by Gasteiger charge is 2.15. The Morgan fingerprint density at radius 2 is 1.95 bits per heavy atom. The Morgan fingerprint density at radius 3 is 2.68 bits per heavy atom. The van der Waals surface area contributed by atoms with Gasteiger partial charge in [0.05, 0.1) is 0 Å². The second-order valence-electron chi connectivity index (χ2n) is 5.84. The number of carbonyl (C=O) groups is 1. The van der Waals surface area contributed by atoms with Gasteiger partial charge in [-0.1, -0.05) is 19.9 Å². The summed E-state index contributed by atoms with van der Waals surface area (Å²) in [6.07, 6.45) is 3.61. The predicted molar refractivity (Wildman–Crippen MR) is 79.4 cm³/mol. The van der Waals surface area contributed by atoms with E-state index in [0.29, 0.717) is 5.92 Å². The van der Waals surface area contributed by atoms with Gasteiger partial charge < -0.3 is 10.6 Å². The van der Waals surface area contributed by atoms with Crippen LogP contribution < -0.4 is 10.6 Å². The van der Waals surface area contributed by atoms with Gasteiger partial charge in [0.1, 0.15) is 6.04 Å². The summed E-state index contributed by atoms with van der Waals surface area (Å²) in [5.74, 6) is 0.547. The van der Waals surface area contributed by atoms with Crippen LogP contribution in [-0.2, 0) is 17.6 Å². The molecule has 3 nitrogen and oxygen atoms in total. The number of nitrogens with one attached hydrogen (secondary N) is 2. The van der Waals surface area contributed by atoms with Crippen LogP contribution in [0.25, 0.3) is 0 Å². The van der Waals surface area contributed by atoms with Gasteiger partial charge in [0.15, 0.2) is 0 Å². The summed E-state index contributed by atoms with van der Waals surface area (Å²) in [7, 11) is 0. The van der Waals surface area contributed by atoms with Gasteiger partial charge >= 0.3 is 0 Å². The number of benzene rings is 1. The third kappa shape index (κ3) is 3.72. The number of amides is 1. The van der Waals surface area contributed by atoms with Crippen LogP contribution in [0.1, 0.15) is 38.3 Å². The van der Waals surface area contributed by atoms with Gasteiger partial charge in [0, 0.05) is 12.2 Å². The van der Waals surface area contributed by atoms with Crippen molar-refractivity contribution in [2.45, 2.75) is 46.1 Å². The molecule has 0 spiro atoms. The Morgan fingerprint density at radius 1 is 1.21 bits per heavy atom. The fourth-order valence-electron chi connectivity index (χ4n) is 2.43.